The van der Waals surface area contributed by atoms with Gasteiger partial charge in [0.15, 0.2) is 0 Å². The Hall–Kier alpha value is -1.04. The first-order valence-corrected chi connectivity index (χ1v) is 5.40. The minimum atomic E-state index is 1.05. The van der Waals surface area contributed by atoms with Crippen LogP contribution in [0.3, 0.4) is 0 Å². The molecule has 80 valence electrons. The van der Waals surface area contributed by atoms with E-state index in [4.69, 9.17) is 0 Å². The Morgan fingerprint density at radius 3 is 2.07 bits per heavy atom. The highest BCUT2D eigenvalue weighted by Gasteiger charge is 1.92. The van der Waals surface area contributed by atoms with Crippen LogP contribution in [0.25, 0.3) is 0 Å². The Balaban J connectivity index is 0. The summed E-state index contributed by atoms with van der Waals surface area (Å²) in [6, 6.07) is 0. The van der Waals surface area contributed by atoms with Gasteiger partial charge in [-0.25, -0.2) is 0 Å². The van der Waals surface area contributed by atoms with Crippen LogP contribution in [0.2, 0.25) is 0 Å². The van der Waals surface area contributed by atoms with Crippen LogP contribution in [0, 0.1) is 0 Å². The normalized spacial score (nSPS) is 11.6. The van der Waals surface area contributed by atoms with E-state index in [1.165, 1.54) is 5.57 Å². The Morgan fingerprint density at radius 2 is 1.71 bits per heavy atom. The molecule has 0 atom stereocenters. The van der Waals surface area contributed by atoms with Crippen LogP contribution in [0.15, 0.2) is 48.1 Å². The van der Waals surface area contributed by atoms with Crippen molar-refractivity contribution in [3.05, 3.63) is 48.1 Å². The first kappa shape index (κ1) is 15.4. The zero-order chi connectivity index (χ0) is 11.4. The molecule has 0 heterocycles. The first-order chi connectivity index (χ1) is 6.76. The van der Waals surface area contributed by atoms with Crippen LogP contribution in [-0.4, -0.2) is 0 Å². The third-order valence-corrected chi connectivity index (χ3v) is 1.74. The Labute approximate surface area is 89.7 Å². The fraction of sp³-hybridized carbons (Fsp3) is 0.429. The van der Waals surface area contributed by atoms with Crippen molar-refractivity contribution in [2.75, 3.05) is 0 Å². The minimum Gasteiger partial charge on any atom is -0.0915 e. The SMILES string of the molecule is C=C(/C=C\C=C/C)/C(=C/C)CC.CC. The summed E-state index contributed by atoms with van der Waals surface area (Å²) in [5.74, 6) is 0. The highest BCUT2D eigenvalue weighted by atomic mass is 14.0. The van der Waals surface area contributed by atoms with Gasteiger partial charge in [0.05, 0.1) is 0 Å². The van der Waals surface area contributed by atoms with E-state index in [0.717, 1.165) is 12.0 Å². The lowest BCUT2D eigenvalue weighted by atomic mass is 10.1. The van der Waals surface area contributed by atoms with Gasteiger partial charge < -0.3 is 0 Å². The summed E-state index contributed by atoms with van der Waals surface area (Å²) >= 11 is 0. The third kappa shape index (κ3) is 7.60. The molecule has 0 aliphatic heterocycles. The van der Waals surface area contributed by atoms with E-state index in [1.807, 2.05) is 52.0 Å². The molecule has 0 aromatic heterocycles. The van der Waals surface area contributed by atoms with E-state index in [1.54, 1.807) is 0 Å². The van der Waals surface area contributed by atoms with Gasteiger partial charge in [0.25, 0.3) is 0 Å². The van der Waals surface area contributed by atoms with Crippen LogP contribution >= 0.6 is 0 Å². The molecule has 0 aromatic carbocycles. The maximum absolute atomic E-state index is 3.98. The quantitative estimate of drug-likeness (QED) is 0.546. The molecule has 14 heavy (non-hydrogen) atoms. The molecule has 0 unspecified atom stereocenters. The Morgan fingerprint density at radius 1 is 1.14 bits per heavy atom. The van der Waals surface area contributed by atoms with Crippen molar-refractivity contribution in [1.82, 2.24) is 0 Å². The van der Waals surface area contributed by atoms with Gasteiger partial charge in [-0.1, -0.05) is 57.7 Å². The molecule has 0 fully saturated rings. The van der Waals surface area contributed by atoms with E-state index < -0.39 is 0 Å². The minimum absolute atomic E-state index is 1.05. The second-order valence-corrected chi connectivity index (χ2v) is 2.58. The van der Waals surface area contributed by atoms with Gasteiger partial charge in [-0.15, -0.1) is 0 Å². The van der Waals surface area contributed by atoms with Gasteiger partial charge >= 0.3 is 0 Å². The van der Waals surface area contributed by atoms with Crippen LogP contribution < -0.4 is 0 Å². The molecule has 0 spiro atoms. The average Bonchev–Trinajstić information content (AvgIpc) is 2.23. The smallest absolute Gasteiger partial charge is 0.0300 e. The van der Waals surface area contributed by atoms with E-state index in [9.17, 15) is 0 Å². The molecule has 0 radical (unpaired) electrons. The van der Waals surface area contributed by atoms with Crippen LogP contribution in [0.4, 0.5) is 0 Å². The predicted molar refractivity (Wildman–Crippen MR) is 68.5 cm³/mol. The Kier molecular flexibility index (Phi) is 13.2. The summed E-state index contributed by atoms with van der Waals surface area (Å²) in [6.45, 7) is 14.2. The summed E-state index contributed by atoms with van der Waals surface area (Å²) in [5, 5.41) is 0. The van der Waals surface area contributed by atoms with Crippen LogP contribution in [0.5, 0.6) is 0 Å². The van der Waals surface area contributed by atoms with Crippen molar-refractivity contribution in [2.45, 2.75) is 41.0 Å². The summed E-state index contributed by atoms with van der Waals surface area (Å²) in [4.78, 5) is 0. The van der Waals surface area contributed by atoms with E-state index in [0.29, 0.717) is 0 Å². The third-order valence-electron chi connectivity index (χ3n) is 1.74. The molecule has 0 heteroatoms. The van der Waals surface area contributed by atoms with Crippen LogP contribution in [0.1, 0.15) is 41.0 Å². The highest BCUT2D eigenvalue weighted by Crippen LogP contribution is 2.12. The predicted octanol–water partition coefficient (Wildman–Crippen LogP) is 5.06. The van der Waals surface area contributed by atoms with Crippen molar-refractivity contribution in [2.24, 2.45) is 0 Å². The molecule has 0 aromatic rings. The topological polar surface area (TPSA) is 0 Å². The lowest BCUT2D eigenvalue weighted by molar-refractivity contribution is 1.12. The second kappa shape index (κ2) is 12.0. The molecule has 0 N–H and O–H groups in total. The molecular weight excluding hydrogens is 168 g/mol. The lowest BCUT2D eigenvalue weighted by Crippen LogP contribution is -1.81. The molecule has 0 aliphatic carbocycles. The van der Waals surface area contributed by atoms with Crippen LogP contribution in [-0.2, 0) is 0 Å². The molecule has 0 nitrogen and oxygen atoms in total. The van der Waals surface area contributed by atoms with Gasteiger partial charge in [0, 0.05) is 0 Å². The zero-order valence-electron chi connectivity index (χ0n) is 10.3. The maximum atomic E-state index is 3.98. The number of hydrogen-bond acceptors (Lipinski definition) is 0. The van der Waals surface area contributed by atoms with Crippen molar-refractivity contribution in [1.29, 1.82) is 0 Å². The van der Waals surface area contributed by atoms with Gasteiger partial charge in [-0.05, 0) is 31.4 Å². The van der Waals surface area contributed by atoms with Gasteiger partial charge in [-0.2, -0.15) is 0 Å². The second-order valence-electron chi connectivity index (χ2n) is 2.58. The van der Waals surface area contributed by atoms with E-state index in [2.05, 4.69) is 19.6 Å². The summed E-state index contributed by atoms with van der Waals surface area (Å²) in [7, 11) is 0. The van der Waals surface area contributed by atoms with Crippen molar-refractivity contribution in [3.8, 4) is 0 Å². The zero-order valence-corrected chi connectivity index (χ0v) is 10.3. The lowest BCUT2D eigenvalue weighted by Gasteiger charge is -2.01. The Bertz CT molecular complexity index is 214. The standard InChI is InChI=1S/C12H18.C2H6/c1-5-8-9-10-11(4)12(6-2)7-3;1-2/h5-6,8-10H,4,7H2,1-3H3;1-2H3/b8-5-,10-9-,12-6+;. The van der Waals surface area contributed by atoms with E-state index in [-0.39, 0.29) is 0 Å². The molecule has 0 rings (SSSR count). The molecule has 0 aliphatic rings. The van der Waals surface area contributed by atoms with Crippen molar-refractivity contribution < 1.29 is 0 Å². The monoisotopic (exact) mass is 192 g/mol. The molecule has 0 amide bonds. The summed E-state index contributed by atoms with van der Waals surface area (Å²) < 4.78 is 0. The fourth-order valence-electron chi connectivity index (χ4n) is 1.01. The first-order valence-electron chi connectivity index (χ1n) is 5.40. The largest absolute Gasteiger partial charge is 0.0915 e. The van der Waals surface area contributed by atoms with Gasteiger partial charge in [-0.3, -0.25) is 0 Å². The average molecular weight is 192 g/mol. The molecule has 0 saturated heterocycles. The van der Waals surface area contributed by atoms with E-state index >= 15 is 0 Å². The number of hydrogen-bond donors (Lipinski definition) is 0. The number of rotatable bonds is 4. The molecular formula is C14H24. The van der Waals surface area contributed by atoms with Gasteiger partial charge in [0.1, 0.15) is 0 Å². The summed E-state index contributed by atoms with van der Waals surface area (Å²) in [6.07, 6.45) is 11.2. The van der Waals surface area contributed by atoms with Crippen molar-refractivity contribution >= 4 is 0 Å². The van der Waals surface area contributed by atoms with Crippen molar-refractivity contribution in [3.63, 3.8) is 0 Å². The summed E-state index contributed by atoms with van der Waals surface area (Å²) in [5.41, 5.74) is 2.42. The maximum Gasteiger partial charge on any atom is -0.0300 e. The fourth-order valence-corrected chi connectivity index (χ4v) is 1.01. The molecule has 0 bridgehead atoms. The number of allylic oxidation sites excluding steroid dienone is 7. The van der Waals surface area contributed by atoms with Gasteiger partial charge in [0.2, 0.25) is 0 Å². The molecule has 0 saturated carbocycles. The highest BCUT2D eigenvalue weighted by molar-refractivity contribution is 5.37.